The molecule has 1 atom stereocenters. The number of benzene rings is 1. The first kappa shape index (κ1) is 27.4. The van der Waals surface area contributed by atoms with Crippen molar-refractivity contribution in [2.75, 3.05) is 31.6 Å². The summed E-state index contributed by atoms with van der Waals surface area (Å²) in [5.41, 5.74) is 0.972. The molecule has 2 aliphatic rings. The minimum Gasteiger partial charge on any atom is -0.462 e. The van der Waals surface area contributed by atoms with E-state index in [1.165, 1.54) is 39.9 Å². The molecule has 0 aliphatic carbocycles. The Morgan fingerprint density at radius 3 is 2.49 bits per heavy atom. The van der Waals surface area contributed by atoms with E-state index in [4.69, 9.17) is 21.1 Å². The fraction of sp³-hybridized carbons (Fsp3) is 0.458. The number of nitrogens with zero attached hydrogens (tertiary/aromatic N) is 2. The van der Waals surface area contributed by atoms with Crippen LogP contribution in [0.15, 0.2) is 29.2 Å². The summed E-state index contributed by atoms with van der Waals surface area (Å²) in [6.07, 6.45) is 0.814. The summed E-state index contributed by atoms with van der Waals surface area (Å²) in [5.74, 6) is -1.10. The lowest BCUT2D eigenvalue weighted by Crippen LogP contribution is -2.43. The molecular formula is C24H28ClN3O7S2. The lowest BCUT2D eigenvalue weighted by Gasteiger charge is -2.26. The zero-order valence-corrected chi connectivity index (χ0v) is 22.9. The molecule has 13 heteroatoms. The van der Waals surface area contributed by atoms with Crippen LogP contribution in [0.1, 0.15) is 47.5 Å². The zero-order valence-electron chi connectivity index (χ0n) is 20.5. The minimum atomic E-state index is -3.93. The summed E-state index contributed by atoms with van der Waals surface area (Å²) in [5, 5.41) is 3.49. The molecule has 4 rings (SSSR count). The lowest BCUT2D eigenvalue weighted by atomic mass is 10.0. The van der Waals surface area contributed by atoms with Gasteiger partial charge in [0.1, 0.15) is 11.0 Å². The van der Waals surface area contributed by atoms with Gasteiger partial charge < -0.3 is 19.7 Å². The SMILES string of the molecule is CCOC(=O)c1c(NC(=O)C2CCCN2S(=O)(=O)c2ccc(Cl)cc2)sc2c1CCN(C(=O)OCC)C2. The first-order chi connectivity index (χ1) is 17.7. The van der Waals surface area contributed by atoms with Crippen LogP contribution in [0.5, 0.6) is 0 Å². The van der Waals surface area contributed by atoms with Gasteiger partial charge in [0, 0.05) is 23.0 Å². The molecule has 0 spiro atoms. The number of hydrogen-bond donors (Lipinski definition) is 1. The van der Waals surface area contributed by atoms with Crippen molar-refractivity contribution in [2.45, 2.75) is 50.6 Å². The smallest absolute Gasteiger partial charge is 0.410 e. The summed E-state index contributed by atoms with van der Waals surface area (Å²) in [6.45, 7) is 4.61. The van der Waals surface area contributed by atoms with Gasteiger partial charge >= 0.3 is 12.1 Å². The molecule has 200 valence electrons. The molecule has 2 aromatic rings. The van der Waals surface area contributed by atoms with Crippen LogP contribution in [0.3, 0.4) is 0 Å². The standard InChI is InChI=1S/C24H28ClN3O7S2/c1-3-34-23(30)20-17-11-13-27(24(31)35-4-2)14-19(17)36-22(20)26-21(29)18-6-5-12-28(18)37(32,33)16-9-7-15(25)8-10-16/h7-10,18H,3-6,11-14H2,1-2H3,(H,26,29). The molecule has 3 heterocycles. The van der Waals surface area contributed by atoms with Gasteiger partial charge in [0.05, 0.1) is 30.2 Å². The normalized spacial score (nSPS) is 17.8. The summed E-state index contributed by atoms with van der Waals surface area (Å²) < 4.78 is 38.1. The molecule has 37 heavy (non-hydrogen) atoms. The molecule has 1 N–H and O–H groups in total. The second-order valence-electron chi connectivity index (χ2n) is 8.52. The molecule has 1 saturated heterocycles. The number of amides is 2. The van der Waals surface area contributed by atoms with Crippen LogP contribution in [0.4, 0.5) is 9.80 Å². The van der Waals surface area contributed by atoms with Gasteiger partial charge in [-0.2, -0.15) is 4.31 Å². The third-order valence-electron chi connectivity index (χ3n) is 6.23. The van der Waals surface area contributed by atoms with Gasteiger partial charge in [-0.15, -0.1) is 11.3 Å². The molecule has 2 aliphatic heterocycles. The fourth-order valence-corrected chi connectivity index (χ4v) is 7.55. The van der Waals surface area contributed by atoms with Crippen molar-refractivity contribution in [3.05, 3.63) is 45.3 Å². The predicted molar refractivity (Wildman–Crippen MR) is 138 cm³/mol. The minimum absolute atomic E-state index is 0.0504. The maximum Gasteiger partial charge on any atom is 0.410 e. The van der Waals surface area contributed by atoms with Crippen molar-refractivity contribution >= 4 is 55.9 Å². The van der Waals surface area contributed by atoms with Gasteiger partial charge in [-0.1, -0.05) is 11.6 Å². The number of hydrogen-bond acceptors (Lipinski definition) is 8. The molecular weight excluding hydrogens is 542 g/mol. The van der Waals surface area contributed by atoms with Gasteiger partial charge in [0.25, 0.3) is 0 Å². The van der Waals surface area contributed by atoms with Crippen molar-refractivity contribution in [1.29, 1.82) is 0 Å². The number of fused-ring (bicyclic) bond motifs is 1. The first-order valence-corrected chi connectivity index (χ1v) is 14.6. The van der Waals surface area contributed by atoms with Crippen molar-refractivity contribution in [2.24, 2.45) is 0 Å². The number of esters is 1. The number of carbonyl (C=O) groups is 3. The molecule has 0 bridgehead atoms. The highest BCUT2D eigenvalue weighted by molar-refractivity contribution is 7.89. The monoisotopic (exact) mass is 569 g/mol. The van der Waals surface area contributed by atoms with Gasteiger partial charge in [0.15, 0.2) is 0 Å². The van der Waals surface area contributed by atoms with Gasteiger partial charge in [0.2, 0.25) is 15.9 Å². The number of rotatable bonds is 7. The third-order valence-corrected chi connectivity index (χ3v) is 9.53. The maximum atomic E-state index is 13.4. The van der Waals surface area contributed by atoms with Crippen molar-refractivity contribution in [1.82, 2.24) is 9.21 Å². The summed E-state index contributed by atoms with van der Waals surface area (Å²) in [4.78, 5) is 40.8. The van der Waals surface area contributed by atoms with E-state index in [-0.39, 0.29) is 41.8 Å². The molecule has 0 saturated carbocycles. The zero-order chi connectivity index (χ0) is 26.7. The summed E-state index contributed by atoms with van der Waals surface area (Å²) in [6, 6.07) is 4.85. The second-order valence-corrected chi connectivity index (χ2v) is 11.9. The summed E-state index contributed by atoms with van der Waals surface area (Å²) in [7, 11) is -3.93. The van der Waals surface area contributed by atoms with Crippen molar-refractivity contribution in [3.8, 4) is 0 Å². The van der Waals surface area contributed by atoms with E-state index < -0.39 is 34.0 Å². The van der Waals surface area contributed by atoms with Crippen LogP contribution < -0.4 is 5.32 Å². The van der Waals surface area contributed by atoms with Crippen LogP contribution in [0.25, 0.3) is 0 Å². The highest BCUT2D eigenvalue weighted by atomic mass is 35.5. The topological polar surface area (TPSA) is 122 Å². The highest BCUT2D eigenvalue weighted by Crippen LogP contribution is 2.38. The van der Waals surface area contributed by atoms with E-state index in [0.717, 1.165) is 10.4 Å². The quantitative estimate of drug-likeness (QED) is 0.502. The third kappa shape index (κ3) is 5.62. The second kappa shape index (κ2) is 11.4. The van der Waals surface area contributed by atoms with E-state index in [1.807, 2.05) is 0 Å². The van der Waals surface area contributed by atoms with Gasteiger partial charge in [-0.25, -0.2) is 18.0 Å². The Bertz CT molecular complexity index is 1290. The lowest BCUT2D eigenvalue weighted by molar-refractivity contribution is -0.119. The molecule has 1 unspecified atom stereocenters. The average Bonchev–Trinajstić information content (AvgIpc) is 3.49. The first-order valence-electron chi connectivity index (χ1n) is 12.0. The Morgan fingerprint density at radius 2 is 1.81 bits per heavy atom. The average molecular weight is 570 g/mol. The van der Waals surface area contributed by atoms with Crippen LogP contribution >= 0.6 is 22.9 Å². The Kier molecular flexibility index (Phi) is 8.42. The number of nitrogens with one attached hydrogen (secondary N) is 1. The molecule has 10 nitrogen and oxygen atoms in total. The number of halogens is 1. The van der Waals surface area contributed by atoms with Crippen LogP contribution in [-0.2, 0) is 37.3 Å². The number of anilines is 1. The number of ether oxygens (including phenoxy) is 2. The Morgan fingerprint density at radius 1 is 1.11 bits per heavy atom. The van der Waals surface area contributed by atoms with Gasteiger partial charge in [-0.05, 0) is 62.9 Å². The van der Waals surface area contributed by atoms with Gasteiger partial charge in [-0.3, -0.25) is 4.79 Å². The fourth-order valence-electron chi connectivity index (χ4n) is 4.51. The van der Waals surface area contributed by atoms with Crippen molar-refractivity contribution < 1.29 is 32.3 Å². The Balaban J connectivity index is 1.60. The van der Waals surface area contributed by atoms with E-state index in [1.54, 1.807) is 18.7 Å². The van der Waals surface area contributed by atoms with Crippen LogP contribution in [0, 0.1) is 0 Å². The Hall–Kier alpha value is -2.67. The van der Waals surface area contributed by atoms with Crippen molar-refractivity contribution in [3.63, 3.8) is 0 Å². The number of carbonyl (C=O) groups excluding carboxylic acids is 3. The molecule has 1 aromatic carbocycles. The van der Waals surface area contributed by atoms with E-state index in [9.17, 15) is 22.8 Å². The predicted octanol–water partition coefficient (Wildman–Crippen LogP) is 3.88. The van der Waals surface area contributed by atoms with E-state index in [2.05, 4.69) is 5.32 Å². The molecule has 0 radical (unpaired) electrons. The number of sulfonamides is 1. The van der Waals surface area contributed by atoms with E-state index >= 15 is 0 Å². The molecule has 2 amide bonds. The maximum absolute atomic E-state index is 13.4. The molecule has 1 fully saturated rings. The van der Waals surface area contributed by atoms with Crippen LogP contribution in [-0.4, -0.2) is 67.9 Å². The molecule has 1 aromatic heterocycles. The summed E-state index contributed by atoms with van der Waals surface area (Å²) >= 11 is 7.09. The van der Waals surface area contributed by atoms with Crippen LogP contribution in [0.2, 0.25) is 5.02 Å². The van der Waals surface area contributed by atoms with E-state index in [0.29, 0.717) is 30.8 Å². The highest BCUT2D eigenvalue weighted by Gasteiger charge is 2.40. The number of thiophene rings is 1. The Labute approximate surface area is 224 Å². The largest absolute Gasteiger partial charge is 0.462 e.